The van der Waals surface area contributed by atoms with Crippen LogP contribution < -0.4 is 4.74 Å². The molecular weight excluding hydrogens is 271 g/mol. The minimum absolute atomic E-state index is 0.377. The summed E-state index contributed by atoms with van der Waals surface area (Å²) in [7, 11) is 1.57. The van der Waals surface area contributed by atoms with E-state index >= 15 is 0 Å². The number of nitrogens with zero attached hydrogens (tertiary/aromatic N) is 2. The fourth-order valence-electron chi connectivity index (χ4n) is 1.57. The van der Waals surface area contributed by atoms with Gasteiger partial charge in [0.25, 0.3) is 0 Å². The fraction of sp³-hybridized carbons (Fsp3) is 0.231. The number of ether oxygens (including phenoxy) is 1. The first-order valence-corrected chi connectivity index (χ1v) is 6.13. The molecule has 0 fully saturated rings. The van der Waals surface area contributed by atoms with Gasteiger partial charge in [0, 0.05) is 5.56 Å². The monoisotopic (exact) mass is 282 g/mol. The van der Waals surface area contributed by atoms with Gasteiger partial charge in [-0.05, 0) is 26.0 Å². The lowest BCUT2D eigenvalue weighted by Gasteiger charge is -2.09. The van der Waals surface area contributed by atoms with E-state index in [1.165, 1.54) is 0 Å². The fourth-order valence-corrected chi connectivity index (χ4v) is 2.04. The maximum absolute atomic E-state index is 6.12. The van der Waals surface area contributed by atoms with Gasteiger partial charge < -0.3 is 4.74 Å². The standard InChI is InChI=1S/C13H12Cl2N2O/c1-7-8(2)17-13(15)12(16-7)9-4-5-10(14)11(6-9)18-3/h4-6H,1-3H3. The van der Waals surface area contributed by atoms with Crippen molar-refractivity contribution in [1.82, 2.24) is 9.97 Å². The van der Waals surface area contributed by atoms with Gasteiger partial charge in [-0.1, -0.05) is 29.3 Å². The second-order valence-electron chi connectivity index (χ2n) is 3.88. The van der Waals surface area contributed by atoms with Crippen molar-refractivity contribution in [2.24, 2.45) is 0 Å². The third-order valence-corrected chi connectivity index (χ3v) is 3.26. The zero-order valence-corrected chi connectivity index (χ0v) is 11.8. The minimum atomic E-state index is 0.377. The zero-order chi connectivity index (χ0) is 13.3. The summed E-state index contributed by atoms with van der Waals surface area (Å²) in [5.41, 5.74) is 3.14. The van der Waals surface area contributed by atoms with E-state index in [0.717, 1.165) is 17.0 Å². The Morgan fingerprint density at radius 1 is 1.06 bits per heavy atom. The second kappa shape index (κ2) is 5.12. The molecule has 0 radical (unpaired) electrons. The number of hydrogen-bond acceptors (Lipinski definition) is 3. The Labute approximate surface area is 116 Å². The van der Waals surface area contributed by atoms with Gasteiger partial charge in [-0.2, -0.15) is 0 Å². The molecule has 1 aromatic carbocycles. The number of aryl methyl sites for hydroxylation is 2. The zero-order valence-electron chi connectivity index (χ0n) is 10.3. The highest BCUT2D eigenvalue weighted by atomic mass is 35.5. The molecule has 0 aliphatic rings. The molecule has 0 aliphatic carbocycles. The molecule has 0 saturated heterocycles. The van der Waals surface area contributed by atoms with Crippen molar-refractivity contribution in [3.05, 3.63) is 39.8 Å². The van der Waals surface area contributed by atoms with Crippen molar-refractivity contribution < 1.29 is 4.74 Å². The second-order valence-corrected chi connectivity index (χ2v) is 4.65. The molecule has 2 rings (SSSR count). The van der Waals surface area contributed by atoms with Crippen LogP contribution in [0, 0.1) is 13.8 Å². The Morgan fingerprint density at radius 2 is 1.72 bits per heavy atom. The van der Waals surface area contributed by atoms with E-state index in [1.54, 1.807) is 19.2 Å². The third-order valence-electron chi connectivity index (χ3n) is 2.69. The van der Waals surface area contributed by atoms with Crippen molar-refractivity contribution in [1.29, 1.82) is 0 Å². The van der Waals surface area contributed by atoms with Crippen molar-refractivity contribution in [3.8, 4) is 17.0 Å². The minimum Gasteiger partial charge on any atom is -0.495 e. The molecule has 0 unspecified atom stereocenters. The Kier molecular flexibility index (Phi) is 3.73. The highest BCUT2D eigenvalue weighted by Gasteiger charge is 2.11. The summed E-state index contributed by atoms with van der Waals surface area (Å²) in [6, 6.07) is 5.39. The number of aromatic nitrogens is 2. The van der Waals surface area contributed by atoms with Crippen molar-refractivity contribution in [3.63, 3.8) is 0 Å². The van der Waals surface area contributed by atoms with E-state index in [1.807, 2.05) is 19.9 Å². The van der Waals surface area contributed by atoms with Gasteiger partial charge in [0.15, 0.2) is 5.15 Å². The van der Waals surface area contributed by atoms with Crippen LogP contribution in [0.5, 0.6) is 5.75 Å². The van der Waals surface area contributed by atoms with E-state index in [4.69, 9.17) is 27.9 Å². The highest BCUT2D eigenvalue weighted by Crippen LogP contribution is 2.32. The molecule has 5 heteroatoms. The Balaban J connectivity index is 2.58. The van der Waals surface area contributed by atoms with Crippen LogP contribution in [0.4, 0.5) is 0 Å². The summed E-state index contributed by atoms with van der Waals surface area (Å²) in [6.45, 7) is 3.77. The van der Waals surface area contributed by atoms with Crippen molar-refractivity contribution >= 4 is 23.2 Å². The summed E-state index contributed by atoms with van der Waals surface area (Å²) in [5.74, 6) is 0.588. The first-order valence-electron chi connectivity index (χ1n) is 5.37. The number of methoxy groups -OCH3 is 1. The molecule has 0 amide bonds. The quantitative estimate of drug-likeness (QED) is 0.833. The van der Waals surface area contributed by atoms with Gasteiger partial charge in [0.05, 0.1) is 23.5 Å². The average molecular weight is 283 g/mol. The first-order chi connectivity index (χ1) is 8.52. The third kappa shape index (κ3) is 2.42. The van der Waals surface area contributed by atoms with E-state index in [-0.39, 0.29) is 0 Å². The van der Waals surface area contributed by atoms with Crippen LogP contribution in [0.1, 0.15) is 11.4 Å². The molecular formula is C13H12Cl2N2O. The molecule has 0 bridgehead atoms. The highest BCUT2D eigenvalue weighted by molar-refractivity contribution is 6.32. The topological polar surface area (TPSA) is 35.0 Å². The van der Waals surface area contributed by atoms with Crippen molar-refractivity contribution in [2.45, 2.75) is 13.8 Å². The molecule has 2 aromatic rings. The van der Waals surface area contributed by atoms with Gasteiger partial charge >= 0.3 is 0 Å². The van der Waals surface area contributed by atoms with Crippen LogP contribution in [-0.2, 0) is 0 Å². The summed E-state index contributed by atoms with van der Waals surface area (Å²) in [5, 5.41) is 0.927. The molecule has 1 aromatic heterocycles. The molecule has 0 spiro atoms. The largest absolute Gasteiger partial charge is 0.495 e. The van der Waals surface area contributed by atoms with Crippen molar-refractivity contribution in [2.75, 3.05) is 7.11 Å². The summed E-state index contributed by atoms with van der Waals surface area (Å²) >= 11 is 12.1. The van der Waals surface area contributed by atoms with E-state index < -0.39 is 0 Å². The van der Waals surface area contributed by atoms with E-state index in [0.29, 0.717) is 21.6 Å². The average Bonchev–Trinajstić information content (AvgIpc) is 2.35. The van der Waals surface area contributed by atoms with Gasteiger partial charge in [0.1, 0.15) is 11.4 Å². The normalized spacial score (nSPS) is 10.5. The lowest BCUT2D eigenvalue weighted by Crippen LogP contribution is -1.96. The summed E-state index contributed by atoms with van der Waals surface area (Å²) < 4.78 is 5.18. The lowest BCUT2D eigenvalue weighted by atomic mass is 10.1. The maximum Gasteiger partial charge on any atom is 0.155 e. The van der Waals surface area contributed by atoms with Crippen LogP contribution in [0.3, 0.4) is 0 Å². The van der Waals surface area contributed by atoms with E-state index in [9.17, 15) is 0 Å². The predicted octanol–water partition coefficient (Wildman–Crippen LogP) is 4.08. The van der Waals surface area contributed by atoms with Crippen LogP contribution >= 0.6 is 23.2 Å². The maximum atomic E-state index is 6.12. The number of hydrogen-bond donors (Lipinski definition) is 0. The first kappa shape index (κ1) is 13.1. The van der Waals surface area contributed by atoms with Gasteiger partial charge in [0.2, 0.25) is 0 Å². The molecule has 0 saturated carbocycles. The molecule has 0 aliphatic heterocycles. The molecule has 0 N–H and O–H groups in total. The van der Waals surface area contributed by atoms with Crippen LogP contribution in [0.15, 0.2) is 18.2 Å². The van der Waals surface area contributed by atoms with Gasteiger partial charge in [-0.15, -0.1) is 0 Å². The molecule has 1 heterocycles. The Bertz CT molecular complexity index is 600. The Hall–Kier alpha value is -1.32. The lowest BCUT2D eigenvalue weighted by molar-refractivity contribution is 0.415. The predicted molar refractivity (Wildman–Crippen MR) is 73.5 cm³/mol. The Morgan fingerprint density at radius 3 is 2.39 bits per heavy atom. The number of halogens is 2. The van der Waals surface area contributed by atoms with Crippen LogP contribution in [0.2, 0.25) is 10.2 Å². The molecule has 18 heavy (non-hydrogen) atoms. The van der Waals surface area contributed by atoms with Gasteiger partial charge in [-0.25, -0.2) is 9.97 Å². The molecule has 3 nitrogen and oxygen atoms in total. The van der Waals surface area contributed by atoms with E-state index in [2.05, 4.69) is 9.97 Å². The van der Waals surface area contributed by atoms with Crippen LogP contribution in [0.25, 0.3) is 11.3 Å². The number of benzene rings is 1. The summed E-state index contributed by atoms with van der Waals surface area (Å²) in [4.78, 5) is 8.71. The summed E-state index contributed by atoms with van der Waals surface area (Å²) in [6.07, 6.45) is 0. The molecule has 0 atom stereocenters. The van der Waals surface area contributed by atoms with Crippen LogP contribution in [-0.4, -0.2) is 17.1 Å². The number of rotatable bonds is 2. The molecule has 94 valence electrons. The SMILES string of the molecule is COc1cc(-c2nc(C)c(C)nc2Cl)ccc1Cl. The van der Waals surface area contributed by atoms with Gasteiger partial charge in [-0.3, -0.25) is 0 Å². The smallest absolute Gasteiger partial charge is 0.155 e.